The summed E-state index contributed by atoms with van der Waals surface area (Å²) in [6.45, 7) is 0.952. The highest BCUT2D eigenvalue weighted by Gasteiger charge is 2.20. The monoisotopic (exact) mass is 341 g/mol. The van der Waals surface area contributed by atoms with Crippen molar-refractivity contribution in [1.82, 2.24) is 15.5 Å². The molecule has 134 valence electrons. The van der Waals surface area contributed by atoms with Gasteiger partial charge in [-0.05, 0) is 32.0 Å². The van der Waals surface area contributed by atoms with Gasteiger partial charge in [-0.25, -0.2) is 13.6 Å². The first-order valence-corrected chi connectivity index (χ1v) is 8.33. The molecule has 7 heteroatoms. The topological polar surface area (TPSA) is 64.6 Å². The van der Waals surface area contributed by atoms with Crippen LogP contribution in [0.3, 0.4) is 0 Å². The number of urea groups is 1. The largest absolute Gasteiger partial charge is 0.386 e. The maximum atomic E-state index is 13.5. The van der Waals surface area contributed by atoms with Crippen molar-refractivity contribution in [2.45, 2.75) is 37.8 Å². The normalized spacial score (nSPS) is 16.4. The van der Waals surface area contributed by atoms with E-state index in [1.165, 1.54) is 31.7 Å². The number of aliphatic hydroxyl groups excluding tert-OH is 1. The number of hydrogen-bond donors (Lipinski definition) is 3. The zero-order chi connectivity index (χ0) is 17.5. The number of carbonyl (C=O) groups is 1. The second-order valence-electron chi connectivity index (χ2n) is 6.21. The highest BCUT2D eigenvalue weighted by molar-refractivity contribution is 5.73. The summed E-state index contributed by atoms with van der Waals surface area (Å²) in [6.07, 6.45) is 3.48. The molecule has 0 heterocycles. The van der Waals surface area contributed by atoms with Crippen LogP contribution < -0.4 is 10.6 Å². The van der Waals surface area contributed by atoms with Crippen molar-refractivity contribution in [2.24, 2.45) is 0 Å². The van der Waals surface area contributed by atoms with Crippen LogP contribution in [0.2, 0.25) is 0 Å². The lowest BCUT2D eigenvalue weighted by atomic mass is 10.1. The van der Waals surface area contributed by atoms with Gasteiger partial charge in [-0.15, -0.1) is 0 Å². The second kappa shape index (κ2) is 8.94. The summed E-state index contributed by atoms with van der Waals surface area (Å²) in [5, 5.41) is 15.0. The van der Waals surface area contributed by atoms with E-state index in [0.29, 0.717) is 12.6 Å². The molecule has 0 bridgehead atoms. The molecule has 2 amide bonds. The third kappa shape index (κ3) is 5.14. The van der Waals surface area contributed by atoms with E-state index >= 15 is 0 Å². The molecule has 1 saturated carbocycles. The molecule has 0 spiro atoms. The average molecular weight is 341 g/mol. The van der Waals surface area contributed by atoms with Crippen LogP contribution >= 0.6 is 0 Å². The third-order valence-electron chi connectivity index (χ3n) is 4.49. The summed E-state index contributed by atoms with van der Waals surface area (Å²) in [6, 6.07) is 3.48. The molecule has 1 aromatic rings. The van der Waals surface area contributed by atoms with E-state index < -0.39 is 29.3 Å². The van der Waals surface area contributed by atoms with Crippen LogP contribution in [-0.4, -0.2) is 48.8 Å². The molecule has 0 aromatic heterocycles. The molecule has 5 nitrogen and oxygen atoms in total. The summed E-state index contributed by atoms with van der Waals surface area (Å²) in [4.78, 5) is 13.9. The predicted octanol–water partition coefficient (Wildman–Crippen LogP) is 2.17. The minimum atomic E-state index is -1.43. The summed E-state index contributed by atoms with van der Waals surface area (Å²) in [7, 11) is 2.04. The fourth-order valence-corrected chi connectivity index (χ4v) is 3.06. The zero-order valence-electron chi connectivity index (χ0n) is 13.9. The van der Waals surface area contributed by atoms with E-state index in [1.54, 1.807) is 0 Å². The van der Waals surface area contributed by atoms with Crippen molar-refractivity contribution in [3.63, 3.8) is 0 Å². The number of likely N-dealkylation sites (N-methyl/N-ethyl adjacent to an activating group) is 1. The first kappa shape index (κ1) is 18.6. The molecule has 3 N–H and O–H groups in total. The summed E-state index contributed by atoms with van der Waals surface area (Å²) < 4.78 is 27.1. The summed E-state index contributed by atoms with van der Waals surface area (Å²) in [5.74, 6) is -1.66. The van der Waals surface area contributed by atoms with Crippen molar-refractivity contribution in [3.05, 3.63) is 35.4 Å². The van der Waals surface area contributed by atoms with Gasteiger partial charge in [0.2, 0.25) is 0 Å². The van der Waals surface area contributed by atoms with Gasteiger partial charge < -0.3 is 20.6 Å². The first-order chi connectivity index (χ1) is 11.5. The van der Waals surface area contributed by atoms with E-state index in [0.717, 1.165) is 18.7 Å². The minimum absolute atomic E-state index is 0.262. The lowest BCUT2D eigenvalue weighted by Gasteiger charge is -2.24. The Morgan fingerprint density at radius 3 is 2.54 bits per heavy atom. The first-order valence-electron chi connectivity index (χ1n) is 8.33. The van der Waals surface area contributed by atoms with Gasteiger partial charge in [0.15, 0.2) is 0 Å². The Morgan fingerprint density at radius 2 is 1.92 bits per heavy atom. The standard InChI is InChI=1S/C17H25F2N3O2/c1-22(12-5-2-3-6-12)10-9-20-17(24)21-11-15(23)16-13(18)7-4-8-14(16)19/h4,7-8,12,15,23H,2-3,5-6,9-11H2,1H3,(H2,20,21,24). The number of carbonyl (C=O) groups excluding carboxylic acids is 1. The number of benzene rings is 1. The third-order valence-corrected chi connectivity index (χ3v) is 4.49. The molecule has 1 aromatic carbocycles. The van der Waals surface area contributed by atoms with E-state index in [9.17, 15) is 18.7 Å². The van der Waals surface area contributed by atoms with Crippen LogP contribution in [0, 0.1) is 11.6 Å². The molecule has 0 radical (unpaired) electrons. The molecule has 24 heavy (non-hydrogen) atoms. The lowest BCUT2D eigenvalue weighted by molar-refractivity contribution is 0.164. The van der Waals surface area contributed by atoms with Crippen molar-refractivity contribution in [3.8, 4) is 0 Å². The number of rotatable bonds is 7. The maximum Gasteiger partial charge on any atom is 0.314 e. The molecular formula is C17H25F2N3O2. The molecule has 1 aliphatic rings. The Balaban J connectivity index is 1.69. The van der Waals surface area contributed by atoms with Gasteiger partial charge in [-0.3, -0.25) is 0 Å². The van der Waals surface area contributed by atoms with Crippen LogP contribution in [0.1, 0.15) is 37.4 Å². The maximum absolute atomic E-state index is 13.5. The van der Waals surface area contributed by atoms with Crippen molar-refractivity contribution in [1.29, 1.82) is 0 Å². The number of hydrogen-bond acceptors (Lipinski definition) is 3. The number of halogens is 2. The number of nitrogens with zero attached hydrogens (tertiary/aromatic N) is 1. The van der Waals surface area contributed by atoms with Crippen molar-refractivity contribution in [2.75, 3.05) is 26.7 Å². The highest BCUT2D eigenvalue weighted by atomic mass is 19.1. The molecule has 0 aliphatic heterocycles. The zero-order valence-corrected chi connectivity index (χ0v) is 13.9. The molecule has 0 saturated heterocycles. The SMILES string of the molecule is CN(CCNC(=O)NCC(O)c1c(F)cccc1F)C1CCCC1. The van der Waals surface area contributed by atoms with Gasteiger partial charge >= 0.3 is 6.03 Å². The van der Waals surface area contributed by atoms with Gasteiger partial charge in [0, 0.05) is 25.7 Å². The van der Waals surface area contributed by atoms with Crippen LogP contribution in [-0.2, 0) is 0 Å². The average Bonchev–Trinajstić information content (AvgIpc) is 3.07. The van der Waals surface area contributed by atoms with Gasteiger partial charge in [-0.1, -0.05) is 18.9 Å². The van der Waals surface area contributed by atoms with E-state index in [-0.39, 0.29) is 6.54 Å². The van der Waals surface area contributed by atoms with Crippen LogP contribution in [0.15, 0.2) is 18.2 Å². The van der Waals surface area contributed by atoms with Crippen molar-refractivity contribution < 1.29 is 18.7 Å². The van der Waals surface area contributed by atoms with Gasteiger partial charge in [-0.2, -0.15) is 0 Å². The molecule has 1 atom stereocenters. The number of nitrogens with one attached hydrogen (secondary N) is 2. The number of amides is 2. The fraction of sp³-hybridized carbons (Fsp3) is 0.588. The smallest absolute Gasteiger partial charge is 0.314 e. The Bertz CT molecular complexity index is 530. The second-order valence-corrected chi connectivity index (χ2v) is 6.21. The molecule has 1 unspecified atom stereocenters. The van der Waals surface area contributed by atoms with Crippen LogP contribution in [0.5, 0.6) is 0 Å². The number of aliphatic hydroxyl groups is 1. The summed E-state index contributed by atoms with van der Waals surface area (Å²) in [5.41, 5.74) is -0.432. The molecule has 1 aliphatic carbocycles. The Kier molecular flexibility index (Phi) is 6.93. The van der Waals surface area contributed by atoms with E-state index in [1.807, 2.05) is 7.05 Å². The van der Waals surface area contributed by atoms with Crippen LogP contribution in [0.25, 0.3) is 0 Å². The van der Waals surface area contributed by atoms with E-state index in [2.05, 4.69) is 15.5 Å². The molecule has 1 fully saturated rings. The highest BCUT2D eigenvalue weighted by Crippen LogP contribution is 2.22. The predicted molar refractivity (Wildman–Crippen MR) is 87.6 cm³/mol. The van der Waals surface area contributed by atoms with Crippen LogP contribution in [0.4, 0.5) is 13.6 Å². The molecule has 2 rings (SSSR count). The summed E-state index contributed by atoms with van der Waals surface area (Å²) >= 11 is 0. The van der Waals surface area contributed by atoms with E-state index in [4.69, 9.17) is 0 Å². The fourth-order valence-electron chi connectivity index (χ4n) is 3.06. The van der Waals surface area contributed by atoms with Crippen molar-refractivity contribution >= 4 is 6.03 Å². The quantitative estimate of drug-likeness (QED) is 0.712. The Hall–Kier alpha value is -1.73. The lowest BCUT2D eigenvalue weighted by Crippen LogP contribution is -2.42. The molecular weight excluding hydrogens is 316 g/mol. The van der Waals surface area contributed by atoms with Gasteiger partial charge in [0.1, 0.15) is 17.7 Å². The Labute approximate surface area is 141 Å². The minimum Gasteiger partial charge on any atom is -0.386 e. The Morgan fingerprint density at radius 1 is 1.29 bits per heavy atom. The van der Waals surface area contributed by atoms with Gasteiger partial charge in [0.25, 0.3) is 0 Å². The van der Waals surface area contributed by atoms with Gasteiger partial charge in [0.05, 0.1) is 5.56 Å².